The van der Waals surface area contributed by atoms with E-state index in [-0.39, 0.29) is 11.7 Å². The molecule has 6 nitrogen and oxygen atoms in total. The van der Waals surface area contributed by atoms with Gasteiger partial charge in [-0.05, 0) is 14.0 Å². The first-order valence-electron chi connectivity index (χ1n) is 3.97. The van der Waals surface area contributed by atoms with Gasteiger partial charge in [0.1, 0.15) is 12.4 Å². The topological polar surface area (TPSA) is 73.0 Å². The molecule has 1 atom stereocenters. The van der Waals surface area contributed by atoms with Crippen LogP contribution in [0.1, 0.15) is 6.92 Å². The molecule has 0 aliphatic rings. The molecule has 72 valence electrons. The molecular formula is C7H12N4O2. The molecule has 0 spiro atoms. The van der Waals surface area contributed by atoms with Crippen molar-refractivity contribution in [2.24, 2.45) is 0 Å². The third-order valence-electron chi connectivity index (χ3n) is 1.78. The second kappa shape index (κ2) is 3.99. The second-order valence-electron chi connectivity index (χ2n) is 2.87. The molecule has 1 N–H and O–H groups in total. The molecule has 0 saturated carbocycles. The van der Waals surface area contributed by atoms with E-state index in [1.807, 2.05) is 14.0 Å². The summed E-state index contributed by atoms with van der Waals surface area (Å²) in [4.78, 5) is 9.86. The van der Waals surface area contributed by atoms with Crippen molar-refractivity contribution in [2.75, 3.05) is 7.05 Å². The predicted molar refractivity (Wildman–Crippen MR) is 47.4 cm³/mol. The Bertz CT molecular complexity index is 296. The zero-order valence-corrected chi connectivity index (χ0v) is 7.60. The fraction of sp³-hybridized carbons (Fsp3) is 0.571. The van der Waals surface area contributed by atoms with E-state index < -0.39 is 4.92 Å². The highest BCUT2D eigenvalue weighted by Crippen LogP contribution is 2.07. The molecule has 0 bridgehead atoms. The molecule has 0 aliphatic heterocycles. The van der Waals surface area contributed by atoms with E-state index in [0.717, 1.165) is 0 Å². The van der Waals surface area contributed by atoms with Crippen LogP contribution in [0, 0.1) is 10.1 Å². The van der Waals surface area contributed by atoms with Gasteiger partial charge in [-0.25, -0.2) is 0 Å². The van der Waals surface area contributed by atoms with Crippen LogP contribution in [-0.4, -0.2) is 27.8 Å². The summed E-state index contributed by atoms with van der Waals surface area (Å²) >= 11 is 0. The Hall–Kier alpha value is -1.43. The van der Waals surface area contributed by atoms with Gasteiger partial charge in [-0.2, -0.15) is 5.10 Å². The van der Waals surface area contributed by atoms with E-state index in [0.29, 0.717) is 6.54 Å². The molecule has 1 aromatic rings. The number of rotatable bonds is 4. The van der Waals surface area contributed by atoms with Crippen LogP contribution in [0.5, 0.6) is 0 Å². The van der Waals surface area contributed by atoms with Crippen LogP contribution in [0.3, 0.4) is 0 Å². The molecule has 0 aromatic carbocycles. The fourth-order valence-electron chi connectivity index (χ4n) is 0.919. The van der Waals surface area contributed by atoms with Gasteiger partial charge in [0, 0.05) is 6.04 Å². The predicted octanol–water partition coefficient (Wildman–Crippen LogP) is 0.399. The smallest absolute Gasteiger partial charge is 0.306 e. The minimum atomic E-state index is -0.451. The lowest BCUT2D eigenvalue weighted by Crippen LogP contribution is -2.26. The van der Waals surface area contributed by atoms with Crippen LogP contribution < -0.4 is 5.32 Å². The molecule has 1 rings (SSSR count). The lowest BCUT2D eigenvalue weighted by Gasteiger charge is -2.08. The Labute approximate surface area is 75.7 Å². The lowest BCUT2D eigenvalue weighted by molar-refractivity contribution is -0.385. The highest BCUT2D eigenvalue weighted by atomic mass is 16.6. The number of nitrogens with zero attached hydrogens (tertiary/aromatic N) is 3. The molecule has 0 aliphatic carbocycles. The van der Waals surface area contributed by atoms with Crippen LogP contribution in [0.15, 0.2) is 12.4 Å². The number of aromatic nitrogens is 2. The summed E-state index contributed by atoms with van der Waals surface area (Å²) in [5.74, 6) is 0. The molecule has 1 unspecified atom stereocenters. The molecule has 0 amide bonds. The van der Waals surface area contributed by atoms with Crippen molar-refractivity contribution >= 4 is 5.69 Å². The fourth-order valence-corrected chi connectivity index (χ4v) is 0.919. The minimum Gasteiger partial charge on any atom is -0.315 e. The van der Waals surface area contributed by atoms with Gasteiger partial charge in [-0.15, -0.1) is 0 Å². The highest BCUT2D eigenvalue weighted by Gasteiger charge is 2.09. The van der Waals surface area contributed by atoms with E-state index in [4.69, 9.17) is 0 Å². The summed E-state index contributed by atoms with van der Waals surface area (Å²) in [7, 11) is 1.84. The number of hydrogen-bond donors (Lipinski definition) is 1. The number of nitrogens with one attached hydrogen (secondary N) is 1. The molecule has 0 radical (unpaired) electrons. The van der Waals surface area contributed by atoms with Gasteiger partial charge < -0.3 is 5.32 Å². The van der Waals surface area contributed by atoms with Gasteiger partial charge in [0.05, 0.1) is 11.5 Å². The second-order valence-corrected chi connectivity index (χ2v) is 2.87. The molecule has 1 heterocycles. The van der Waals surface area contributed by atoms with Gasteiger partial charge in [-0.3, -0.25) is 14.8 Å². The Kier molecular flexibility index (Phi) is 2.97. The average molecular weight is 184 g/mol. The van der Waals surface area contributed by atoms with Crippen LogP contribution in [0.25, 0.3) is 0 Å². The van der Waals surface area contributed by atoms with Crippen molar-refractivity contribution in [1.82, 2.24) is 15.1 Å². The summed E-state index contributed by atoms with van der Waals surface area (Å²) in [6, 6.07) is 0.250. The summed E-state index contributed by atoms with van der Waals surface area (Å²) in [5, 5.41) is 17.2. The van der Waals surface area contributed by atoms with E-state index in [1.165, 1.54) is 12.4 Å². The maximum absolute atomic E-state index is 10.3. The lowest BCUT2D eigenvalue weighted by atomic mass is 10.3. The maximum atomic E-state index is 10.3. The van der Waals surface area contributed by atoms with Crippen LogP contribution in [0.4, 0.5) is 5.69 Å². The summed E-state index contributed by atoms with van der Waals surface area (Å²) in [6.07, 6.45) is 2.68. The molecule has 6 heteroatoms. The molecule has 1 aromatic heterocycles. The third-order valence-corrected chi connectivity index (χ3v) is 1.78. The van der Waals surface area contributed by atoms with Crippen molar-refractivity contribution in [3.63, 3.8) is 0 Å². The first kappa shape index (κ1) is 9.66. The Morgan fingerprint density at radius 1 is 1.85 bits per heavy atom. The van der Waals surface area contributed by atoms with E-state index >= 15 is 0 Å². The quantitative estimate of drug-likeness (QED) is 0.543. The van der Waals surface area contributed by atoms with Crippen molar-refractivity contribution in [3.8, 4) is 0 Å². The average Bonchev–Trinajstić information content (AvgIpc) is 2.52. The maximum Gasteiger partial charge on any atom is 0.306 e. The molecular weight excluding hydrogens is 172 g/mol. The van der Waals surface area contributed by atoms with Crippen LogP contribution in [0.2, 0.25) is 0 Å². The van der Waals surface area contributed by atoms with Crippen molar-refractivity contribution < 1.29 is 4.92 Å². The van der Waals surface area contributed by atoms with E-state index in [9.17, 15) is 10.1 Å². The first-order chi connectivity index (χ1) is 6.13. The number of nitro groups is 1. The Morgan fingerprint density at radius 2 is 2.54 bits per heavy atom. The standard InChI is InChI=1S/C7H12N4O2/c1-6(8-2)4-10-5-7(3-9-10)11(12)13/h3,5-6,8H,4H2,1-2H3. The normalized spacial score (nSPS) is 12.8. The minimum absolute atomic E-state index is 0.0308. The van der Waals surface area contributed by atoms with Crippen LogP contribution >= 0.6 is 0 Å². The Balaban J connectivity index is 2.64. The zero-order chi connectivity index (χ0) is 9.84. The number of hydrogen-bond acceptors (Lipinski definition) is 4. The highest BCUT2D eigenvalue weighted by molar-refractivity contribution is 5.20. The first-order valence-corrected chi connectivity index (χ1v) is 3.97. The summed E-state index contributed by atoms with van der Waals surface area (Å²) in [5.41, 5.74) is 0.0308. The van der Waals surface area contributed by atoms with Gasteiger partial charge in [0.25, 0.3) is 0 Å². The van der Waals surface area contributed by atoms with Crippen LogP contribution in [-0.2, 0) is 6.54 Å². The van der Waals surface area contributed by atoms with Crippen molar-refractivity contribution in [3.05, 3.63) is 22.5 Å². The Morgan fingerprint density at radius 3 is 3.00 bits per heavy atom. The zero-order valence-electron chi connectivity index (χ0n) is 7.60. The monoisotopic (exact) mass is 184 g/mol. The van der Waals surface area contributed by atoms with Gasteiger partial charge in [0.15, 0.2) is 0 Å². The van der Waals surface area contributed by atoms with Crippen molar-refractivity contribution in [1.29, 1.82) is 0 Å². The van der Waals surface area contributed by atoms with Gasteiger partial charge in [-0.1, -0.05) is 0 Å². The third kappa shape index (κ3) is 2.51. The SMILES string of the molecule is CNC(C)Cn1cc([N+](=O)[O-])cn1. The van der Waals surface area contributed by atoms with E-state index in [2.05, 4.69) is 10.4 Å². The largest absolute Gasteiger partial charge is 0.315 e. The van der Waals surface area contributed by atoms with E-state index in [1.54, 1.807) is 4.68 Å². The van der Waals surface area contributed by atoms with Crippen molar-refractivity contribution in [2.45, 2.75) is 19.5 Å². The number of likely N-dealkylation sites (N-methyl/N-ethyl adjacent to an activating group) is 1. The molecule has 0 fully saturated rings. The molecule has 13 heavy (non-hydrogen) atoms. The summed E-state index contributed by atoms with van der Waals surface area (Å²) in [6.45, 7) is 2.61. The van der Waals surface area contributed by atoms with Gasteiger partial charge in [0.2, 0.25) is 0 Å². The molecule has 0 saturated heterocycles. The van der Waals surface area contributed by atoms with Gasteiger partial charge >= 0.3 is 5.69 Å². The summed E-state index contributed by atoms with van der Waals surface area (Å²) < 4.78 is 1.55.